The highest BCUT2D eigenvalue weighted by Crippen LogP contribution is 2.38. The molecule has 0 unspecified atom stereocenters. The van der Waals surface area contributed by atoms with Crippen LogP contribution in [-0.2, 0) is 0 Å². The van der Waals surface area contributed by atoms with E-state index in [1.807, 2.05) is 42.5 Å². The Balaban J connectivity index is 1.00. The molecule has 3 heterocycles. The Bertz CT molecular complexity index is 3330. The van der Waals surface area contributed by atoms with Gasteiger partial charge in [0.25, 0.3) is 0 Å². The van der Waals surface area contributed by atoms with Crippen LogP contribution >= 0.6 is 12.8 Å². The zero-order valence-corrected chi connectivity index (χ0v) is 33.1. The van der Waals surface area contributed by atoms with E-state index in [4.69, 9.17) is 20.4 Å². The second-order valence-electron chi connectivity index (χ2n) is 14.9. The summed E-state index contributed by atoms with van der Waals surface area (Å²) < 4.78 is 6.58. The molecule has 11 rings (SSSR count). The summed E-state index contributed by atoms with van der Waals surface area (Å²) in [7, 11) is 0. The van der Waals surface area contributed by atoms with Crippen LogP contribution in [0.2, 0.25) is 0 Å². The summed E-state index contributed by atoms with van der Waals surface area (Å²) in [5.74, 6) is 0.656. The number of nitrogens with zero attached hydrogens (tertiary/aromatic N) is 5. The molecule has 0 radical (unpaired) electrons. The smallest absolute Gasteiger partial charge is 0.160 e. The molecule has 282 valence electrons. The van der Waals surface area contributed by atoms with Crippen LogP contribution in [0.3, 0.4) is 0 Å². The molecule has 0 saturated heterocycles. The molecule has 3 aromatic heterocycles. The first-order valence-corrected chi connectivity index (χ1v) is 20.2. The van der Waals surface area contributed by atoms with E-state index in [0.717, 1.165) is 89.2 Å². The molecule has 1 N–H and O–H groups in total. The lowest BCUT2D eigenvalue weighted by atomic mass is 9.87. The number of hydrogen-bond acceptors (Lipinski definition) is 6. The first-order chi connectivity index (χ1) is 29.6. The predicted molar refractivity (Wildman–Crippen MR) is 251 cm³/mol. The van der Waals surface area contributed by atoms with Gasteiger partial charge in [-0.25, -0.2) is 19.3 Å². The van der Waals surface area contributed by atoms with Gasteiger partial charge in [-0.05, 0) is 72.5 Å². The standard InChI is InChI=1S/C53H34N6S/c54-44-29-28-43-50(52(44)58-60)42-27-26-37(31-47(42)55-51(43)36-14-5-2-6-15-36)33-22-24-35(25-23-33)46-32-45(34-12-3-1-4-13-34)56-53(57-46)38-16-11-17-39(30-38)59-48-20-9-7-18-40(48)41-19-8-10-21-49(41)59/h1-32,54,60H. The van der Waals surface area contributed by atoms with Crippen molar-refractivity contribution in [2.45, 2.75) is 0 Å². The van der Waals surface area contributed by atoms with Gasteiger partial charge in [0.2, 0.25) is 0 Å². The number of rotatable bonds is 6. The molecule has 60 heavy (non-hydrogen) atoms. The van der Waals surface area contributed by atoms with Gasteiger partial charge in [-0.15, -0.1) is 0 Å². The molecule has 0 fully saturated rings. The number of nitrogens with one attached hydrogen (secondary N) is 1. The maximum absolute atomic E-state index is 8.61. The van der Waals surface area contributed by atoms with Crippen molar-refractivity contribution in [1.82, 2.24) is 19.5 Å². The molecule has 0 saturated carbocycles. The minimum absolute atomic E-state index is 0.322. The van der Waals surface area contributed by atoms with Gasteiger partial charge in [-0.3, -0.25) is 5.41 Å². The molecule has 0 amide bonds. The predicted octanol–water partition coefficient (Wildman–Crippen LogP) is 13.1. The van der Waals surface area contributed by atoms with Gasteiger partial charge in [-0.1, -0.05) is 146 Å². The van der Waals surface area contributed by atoms with E-state index in [0.29, 0.717) is 17.2 Å². The zero-order chi connectivity index (χ0) is 40.2. The Hall–Kier alpha value is -7.74. The fourth-order valence-electron chi connectivity index (χ4n) is 8.48. The normalized spacial score (nSPS) is 13.1. The molecule has 7 aromatic carbocycles. The molecule has 0 spiro atoms. The van der Waals surface area contributed by atoms with Crippen molar-refractivity contribution in [1.29, 1.82) is 5.41 Å². The topological polar surface area (TPSA) is 79.8 Å². The van der Waals surface area contributed by atoms with E-state index in [-0.39, 0.29) is 0 Å². The number of pyridine rings is 1. The second kappa shape index (κ2) is 14.6. The van der Waals surface area contributed by atoms with E-state index >= 15 is 0 Å². The Kier molecular flexibility index (Phi) is 8.60. The summed E-state index contributed by atoms with van der Waals surface area (Å²) in [5, 5.41) is 12.0. The zero-order valence-electron chi connectivity index (χ0n) is 32.2. The van der Waals surface area contributed by atoms with Gasteiger partial charge in [0.15, 0.2) is 5.82 Å². The minimum atomic E-state index is 0.322. The lowest BCUT2D eigenvalue weighted by molar-refractivity contribution is 1.16. The Morgan fingerprint density at radius 3 is 1.73 bits per heavy atom. The molecule has 1 aliphatic carbocycles. The van der Waals surface area contributed by atoms with Crippen LogP contribution in [0.25, 0.3) is 101 Å². The van der Waals surface area contributed by atoms with Crippen molar-refractivity contribution in [3.63, 3.8) is 0 Å². The third-order valence-corrected chi connectivity index (χ3v) is 11.5. The average Bonchev–Trinajstić information content (AvgIpc) is 3.66. The van der Waals surface area contributed by atoms with Crippen molar-refractivity contribution < 1.29 is 0 Å². The van der Waals surface area contributed by atoms with Gasteiger partial charge in [-0.2, -0.15) is 0 Å². The third-order valence-electron chi connectivity index (χ3n) is 11.3. The van der Waals surface area contributed by atoms with Crippen molar-refractivity contribution in [2.75, 3.05) is 0 Å². The summed E-state index contributed by atoms with van der Waals surface area (Å²) >= 11 is 4.29. The largest absolute Gasteiger partial charge is 0.309 e. The van der Waals surface area contributed by atoms with Crippen LogP contribution in [0.5, 0.6) is 0 Å². The average molecular weight is 787 g/mol. The molecule has 6 nitrogen and oxygen atoms in total. The molecule has 1 aliphatic rings. The molecule has 10 aromatic rings. The summed E-state index contributed by atoms with van der Waals surface area (Å²) in [6.07, 6.45) is 3.73. The van der Waals surface area contributed by atoms with E-state index in [2.05, 4.69) is 167 Å². The Labute approximate surface area is 352 Å². The van der Waals surface area contributed by atoms with E-state index < -0.39 is 0 Å². The first kappa shape index (κ1) is 35.4. The summed E-state index contributed by atoms with van der Waals surface area (Å²) in [6, 6.07) is 63.0. The quantitative estimate of drug-likeness (QED) is 0.165. The van der Waals surface area contributed by atoms with Crippen LogP contribution < -0.4 is 0 Å². The van der Waals surface area contributed by atoms with Gasteiger partial charge in [0.1, 0.15) is 5.71 Å². The van der Waals surface area contributed by atoms with E-state index in [9.17, 15) is 0 Å². The second-order valence-corrected chi connectivity index (χ2v) is 15.1. The molecule has 0 atom stereocenters. The number of thiol groups is 1. The van der Waals surface area contributed by atoms with Crippen molar-refractivity contribution in [3.05, 3.63) is 199 Å². The highest BCUT2D eigenvalue weighted by Gasteiger charge is 2.24. The van der Waals surface area contributed by atoms with Crippen LogP contribution in [0.1, 0.15) is 11.1 Å². The van der Waals surface area contributed by atoms with Crippen LogP contribution in [-0.4, -0.2) is 30.9 Å². The van der Waals surface area contributed by atoms with E-state index in [1.54, 1.807) is 6.08 Å². The lowest BCUT2D eigenvalue weighted by Crippen LogP contribution is -2.18. The third kappa shape index (κ3) is 6.03. The monoisotopic (exact) mass is 786 g/mol. The molecule has 0 aliphatic heterocycles. The highest BCUT2D eigenvalue weighted by molar-refractivity contribution is 7.79. The van der Waals surface area contributed by atoms with E-state index in [1.165, 1.54) is 10.8 Å². The van der Waals surface area contributed by atoms with Crippen LogP contribution in [0, 0.1) is 5.41 Å². The molecule has 7 heteroatoms. The number of benzene rings is 7. The lowest BCUT2D eigenvalue weighted by Gasteiger charge is -2.20. The molecule has 0 bridgehead atoms. The van der Waals surface area contributed by atoms with Crippen molar-refractivity contribution in [3.8, 4) is 62.0 Å². The summed E-state index contributed by atoms with van der Waals surface area (Å²) in [5.41, 5.74) is 15.4. The summed E-state index contributed by atoms with van der Waals surface area (Å²) in [6.45, 7) is 0. The minimum Gasteiger partial charge on any atom is -0.309 e. The number of hydrogen-bond donors (Lipinski definition) is 2. The van der Waals surface area contributed by atoms with Crippen molar-refractivity contribution in [2.24, 2.45) is 4.40 Å². The fourth-order valence-corrected chi connectivity index (χ4v) is 8.68. The summed E-state index contributed by atoms with van der Waals surface area (Å²) in [4.78, 5) is 15.6. The maximum atomic E-state index is 8.61. The van der Waals surface area contributed by atoms with Gasteiger partial charge in [0, 0.05) is 55.2 Å². The Morgan fingerprint density at radius 2 is 1.05 bits per heavy atom. The number of fused-ring (bicyclic) bond motifs is 6. The SMILES string of the molecule is N=C1C=Cc2c(-c3ccccc3)nc3cc(-c4ccc(-c5cc(-c6ccccc6)nc(-c6cccc(-n7c8ccccc8c8ccccc87)c6)n5)cc4)ccc3c2C1=NS. The first-order valence-electron chi connectivity index (χ1n) is 19.8. The molecular formula is C53H34N6S. The van der Waals surface area contributed by atoms with Gasteiger partial charge < -0.3 is 4.57 Å². The van der Waals surface area contributed by atoms with Gasteiger partial charge in [0.05, 0.1) is 39.3 Å². The maximum Gasteiger partial charge on any atom is 0.160 e. The van der Waals surface area contributed by atoms with Crippen LogP contribution in [0.4, 0.5) is 0 Å². The highest BCUT2D eigenvalue weighted by atomic mass is 32.1. The number of allylic oxidation sites excluding steroid dienone is 1. The van der Waals surface area contributed by atoms with Crippen LogP contribution in [0.15, 0.2) is 192 Å². The Morgan fingerprint density at radius 1 is 0.467 bits per heavy atom. The van der Waals surface area contributed by atoms with Crippen molar-refractivity contribution >= 4 is 63.0 Å². The number of para-hydroxylation sites is 2. The van der Waals surface area contributed by atoms with Gasteiger partial charge >= 0.3 is 0 Å². The number of aromatic nitrogens is 4. The fraction of sp³-hybridized carbons (Fsp3) is 0. The molecular weight excluding hydrogens is 753 g/mol.